The fourth-order valence-electron chi connectivity index (χ4n) is 1.91. The number of nitrogens with two attached hydrogens (primary N) is 1. The molecular weight excluding hydrogens is 297 g/mol. The predicted octanol–water partition coefficient (Wildman–Crippen LogP) is 3.27. The van der Waals surface area contributed by atoms with Crippen LogP contribution in [0.3, 0.4) is 0 Å². The van der Waals surface area contributed by atoms with Crippen molar-refractivity contribution in [2.75, 3.05) is 5.75 Å². The summed E-state index contributed by atoms with van der Waals surface area (Å²) in [6, 6.07) is 9.38. The van der Waals surface area contributed by atoms with Gasteiger partial charge < -0.3 is 0 Å². The van der Waals surface area contributed by atoms with Crippen LogP contribution < -0.4 is 11.3 Å². The first-order valence-corrected chi connectivity index (χ1v) is 7.35. The Bertz CT molecular complexity index is 570. The number of hydrazine groups is 1. The van der Waals surface area contributed by atoms with E-state index in [1.165, 1.54) is 36.0 Å². The summed E-state index contributed by atoms with van der Waals surface area (Å²) >= 11 is 1.49. The zero-order chi connectivity index (χ0) is 15.2. The van der Waals surface area contributed by atoms with Crippen molar-refractivity contribution in [1.29, 1.82) is 0 Å². The van der Waals surface area contributed by atoms with Gasteiger partial charge in [0, 0.05) is 22.8 Å². The van der Waals surface area contributed by atoms with Crippen molar-refractivity contribution in [2.45, 2.75) is 17.4 Å². The molecule has 21 heavy (non-hydrogen) atoms. The number of benzene rings is 2. The molecule has 0 saturated carbocycles. The van der Waals surface area contributed by atoms with Gasteiger partial charge in [-0.2, -0.15) is 0 Å². The lowest BCUT2D eigenvalue weighted by Gasteiger charge is -2.15. The zero-order valence-corrected chi connectivity index (χ0v) is 12.0. The highest BCUT2D eigenvalue weighted by molar-refractivity contribution is 7.99. The van der Waals surface area contributed by atoms with Gasteiger partial charge in [-0.3, -0.25) is 11.3 Å². The molecule has 0 bridgehead atoms. The van der Waals surface area contributed by atoms with Crippen LogP contribution in [0.1, 0.15) is 5.56 Å². The second-order valence-electron chi connectivity index (χ2n) is 4.61. The van der Waals surface area contributed by atoms with E-state index in [-0.39, 0.29) is 11.9 Å². The van der Waals surface area contributed by atoms with E-state index in [4.69, 9.17) is 5.84 Å². The second kappa shape index (κ2) is 7.49. The maximum atomic E-state index is 13.1. The van der Waals surface area contributed by atoms with Crippen molar-refractivity contribution in [3.63, 3.8) is 0 Å². The molecule has 0 saturated heterocycles. The molecule has 2 nitrogen and oxygen atoms in total. The third kappa shape index (κ3) is 5.08. The molecule has 0 fully saturated rings. The first-order chi connectivity index (χ1) is 10.1. The van der Waals surface area contributed by atoms with E-state index in [1.54, 1.807) is 12.1 Å². The minimum atomic E-state index is -0.605. The van der Waals surface area contributed by atoms with Gasteiger partial charge in [-0.1, -0.05) is 0 Å². The molecule has 0 aliphatic heterocycles. The Balaban J connectivity index is 1.95. The zero-order valence-electron chi connectivity index (χ0n) is 11.2. The molecule has 0 radical (unpaired) electrons. The number of nitrogens with one attached hydrogen (secondary N) is 1. The molecule has 1 atom stereocenters. The van der Waals surface area contributed by atoms with E-state index < -0.39 is 11.6 Å². The quantitative estimate of drug-likeness (QED) is 0.488. The molecule has 0 heterocycles. The Labute approximate surface area is 125 Å². The summed E-state index contributed by atoms with van der Waals surface area (Å²) in [4.78, 5) is 0.905. The van der Waals surface area contributed by atoms with Crippen molar-refractivity contribution in [1.82, 2.24) is 5.43 Å². The van der Waals surface area contributed by atoms with E-state index in [2.05, 4.69) is 5.43 Å². The standard InChI is InChI=1S/C15H15F3N2S/c16-11-1-3-15(4-2-11)21-9-14(20-19)7-10-5-12(17)8-13(18)6-10/h1-6,8,14,20H,7,9,19H2. The lowest BCUT2D eigenvalue weighted by atomic mass is 10.1. The molecule has 6 heteroatoms. The van der Waals surface area contributed by atoms with Gasteiger partial charge in [0.2, 0.25) is 0 Å². The SMILES string of the molecule is NNC(CSc1ccc(F)cc1)Cc1cc(F)cc(F)c1. The van der Waals surface area contributed by atoms with Crippen molar-refractivity contribution in [3.05, 3.63) is 65.5 Å². The van der Waals surface area contributed by atoms with Crippen molar-refractivity contribution in [3.8, 4) is 0 Å². The third-order valence-electron chi connectivity index (χ3n) is 2.90. The van der Waals surface area contributed by atoms with Crippen LogP contribution in [-0.4, -0.2) is 11.8 Å². The van der Waals surface area contributed by atoms with Crippen LogP contribution in [0.4, 0.5) is 13.2 Å². The normalized spacial score (nSPS) is 12.4. The monoisotopic (exact) mass is 312 g/mol. The Kier molecular flexibility index (Phi) is 5.67. The van der Waals surface area contributed by atoms with Crippen molar-refractivity contribution in [2.24, 2.45) is 5.84 Å². The lowest BCUT2D eigenvalue weighted by Crippen LogP contribution is -2.38. The minimum Gasteiger partial charge on any atom is -0.271 e. The number of halogens is 3. The maximum absolute atomic E-state index is 13.1. The van der Waals surface area contributed by atoms with E-state index in [0.29, 0.717) is 17.7 Å². The molecule has 0 aromatic heterocycles. The summed E-state index contributed by atoms with van der Waals surface area (Å²) in [6.45, 7) is 0. The molecule has 2 rings (SSSR count). The molecule has 0 spiro atoms. The first kappa shape index (κ1) is 15.9. The average molecular weight is 312 g/mol. The molecule has 2 aromatic carbocycles. The summed E-state index contributed by atoms with van der Waals surface area (Å²) in [7, 11) is 0. The number of thioether (sulfide) groups is 1. The van der Waals surface area contributed by atoms with Crippen LogP contribution in [0.25, 0.3) is 0 Å². The molecule has 2 aromatic rings. The Morgan fingerprint density at radius 2 is 1.57 bits per heavy atom. The van der Waals surface area contributed by atoms with E-state index >= 15 is 0 Å². The first-order valence-electron chi connectivity index (χ1n) is 6.36. The maximum Gasteiger partial charge on any atom is 0.126 e. The van der Waals surface area contributed by atoms with Crippen LogP contribution in [0.5, 0.6) is 0 Å². The van der Waals surface area contributed by atoms with Crippen LogP contribution in [0, 0.1) is 17.5 Å². The number of hydrogen-bond acceptors (Lipinski definition) is 3. The van der Waals surface area contributed by atoms with Gasteiger partial charge >= 0.3 is 0 Å². The van der Waals surface area contributed by atoms with Crippen LogP contribution >= 0.6 is 11.8 Å². The highest BCUT2D eigenvalue weighted by Gasteiger charge is 2.10. The number of rotatable bonds is 6. The Hall–Kier alpha value is -1.50. The minimum absolute atomic E-state index is 0.152. The predicted molar refractivity (Wildman–Crippen MR) is 78.3 cm³/mol. The van der Waals surface area contributed by atoms with E-state index in [0.717, 1.165) is 11.0 Å². The van der Waals surface area contributed by atoms with Crippen molar-refractivity contribution < 1.29 is 13.2 Å². The highest BCUT2D eigenvalue weighted by Crippen LogP contribution is 2.20. The van der Waals surface area contributed by atoms with Gasteiger partial charge in [0.1, 0.15) is 17.5 Å². The molecule has 3 N–H and O–H groups in total. The van der Waals surface area contributed by atoms with Gasteiger partial charge in [0.05, 0.1) is 0 Å². The molecule has 1 unspecified atom stereocenters. The van der Waals surface area contributed by atoms with Crippen LogP contribution in [0.15, 0.2) is 47.4 Å². The van der Waals surface area contributed by atoms with Gasteiger partial charge in [-0.15, -0.1) is 11.8 Å². The smallest absolute Gasteiger partial charge is 0.126 e. The molecule has 0 aliphatic carbocycles. The summed E-state index contributed by atoms with van der Waals surface area (Å²) in [5, 5.41) is 0. The molecule has 112 valence electrons. The summed E-state index contributed by atoms with van der Waals surface area (Å²) in [6.07, 6.45) is 0.402. The molecule has 0 amide bonds. The van der Waals surface area contributed by atoms with Gasteiger partial charge in [-0.25, -0.2) is 13.2 Å². The van der Waals surface area contributed by atoms with Crippen LogP contribution in [0.2, 0.25) is 0 Å². The Morgan fingerprint density at radius 3 is 2.14 bits per heavy atom. The fourth-order valence-corrected chi connectivity index (χ4v) is 2.84. The Morgan fingerprint density at radius 1 is 0.952 bits per heavy atom. The molecule has 0 aliphatic rings. The van der Waals surface area contributed by atoms with Gasteiger partial charge in [0.25, 0.3) is 0 Å². The second-order valence-corrected chi connectivity index (χ2v) is 5.70. The third-order valence-corrected chi connectivity index (χ3v) is 4.08. The largest absolute Gasteiger partial charge is 0.271 e. The van der Waals surface area contributed by atoms with Gasteiger partial charge in [-0.05, 0) is 48.4 Å². The fraction of sp³-hybridized carbons (Fsp3) is 0.200. The molecular formula is C15H15F3N2S. The number of hydrogen-bond donors (Lipinski definition) is 2. The highest BCUT2D eigenvalue weighted by atomic mass is 32.2. The van der Waals surface area contributed by atoms with E-state index in [9.17, 15) is 13.2 Å². The topological polar surface area (TPSA) is 38.0 Å². The lowest BCUT2D eigenvalue weighted by molar-refractivity contribution is 0.556. The van der Waals surface area contributed by atoms with E-state index in [1.807, 2.05) is 0 Å². The summed E-state index contributed by atoms with van der Waals surface area (Å²) in [5.41, 5.74) is 3.17. The van der Waals surface area contributed by atoms with Crippen molar-refractivity contribution >= 4 is 11.8 Å². The van der Waals surface area contributed by atoms with Crippen LogP contribution in [-0.2, 0) is 6.42 Å². The average Bonchev–Trinajstić information content (AvgIpc) is 2.44. The van der Waals surface area contributed by atoms with Gasteiger partial charge in [0.15, 0.2) is 0 Å². The summed E-state index contributed by atoms with van der Waals surface area (Å²) in [5.74, 6) is 4.57. The summed E-state index contributed by atoms with van der Waals surface area (Å²) < 4.78 is 39.1.